The van der Waals surface area contributed by atoms with E-state index in [2.05, 4.69) is 15.5 Å². The second kappa shape index (κ2) is 7.26. The Labute approximate surface area is 134 Å². The maximum Gasteiger partial charge on any atom is 0.226 e. The summed E-state index contributed by atoms with van der Waals surface area (Å²) in [6.07, 6.45) is 2.79. The van der Waals surface area contributed by atoms with E-state index in [1.807, 2.05) is 12.3 Å². The molecule has 2 aromatic rings. The molecule has 0 unspecified atom stereocenters. The first-order chi connectivity index (χ1) is 9.58. The molecule has 1 aromatic carbocycles. The van der Waals surface area contributed by atoms with Crippen LogP contribution in [0.3, 0.4) is 0 Å². The van der Waals surface area contributed by atoms with Gasteiger partial charge >= 0.3 is 0 Å². The van der Waals surface area contributed by atoms with Crippen LogP contribution >= 0.6 is 46.3 Å². The minimum Gasteiger partial charge on any atom is -0.300 e. The summed E-state index contributed by atoms with van der Waals surface area (Å²) in [5.74, 6) is -0.111. The van der Waals surface area contributed by atoms with Crippen molar-refractivity contribution in [3.05, 3.63) is 33.8 Å². The number of rotatable bonds is 5. The highest BCUT2D eigenvalue weighted by Gasteiger charge is 2.09. The van der Waals surface area contributed by atoms with Crippen LogP contribution in [-0.2, 0) is 11.2 Å². The summed E-state index contributed by atoms with van der Waals surface area (Å²) in [6.45, 7) is 0. The summed E-state index contributed by atoms with van der Waals surface area (Å²) in [6, 6.07) is 5.26. The average Bonchev–Trinajstić information content (AvgIpc) is 2.85. The summed E-state index contributed by atoms with van der Waals surface area (Å²) >= 11 is 14.7. The number of benzene rings is 1. The van der Waals surface area contributed by atoms with Gasteiger partial charge in [0.25, 0.3) is 0 Å². The van der Waals surface area contributed by atoms with Crippen molar-refractivity contribution >= 4 is 57.3 Å². The number of hydrogen-bond donors (Lipinski definition) is 1. The van der Waals surface area contributed by atoms with E-state index in [1.54, 1.807) is 12.1 Å². The summed E-state index contributed by atoms with van der Waals surface area (Å²) in [7, 11) is 0. The van der Waals surface area contributed by atoms with Crippen LogP contribution in [0.2, 0.25) is 10.0 Å². The van der Waals surface area contributed by atoms with Gasteiger partial charge in [0, 0.05) is 16.5 Å². The third kappa shape index (κ3) is 4.34. The third-order valence-corrected chi connectivity index (χ3v) is 4.87. The van der Waals surface area contributed by atoms with Crippen LogP contribution in [-0.4, -0.2) is 22.4 Å². The Morgan fingerprint density at radius 2 is 2.20 bits per heavy atom. The van der Waals surface area contributed by atoms with E-state index in [-0.39, 0.29) is 5.91 Å². The van der Waals surface area contributed by atoms with Crippen LogP contribution < -0.4 is 5.32 Å². The minimum absolute atomic E-state index is 0.111. The zero-order valence-electron chi connectivity index (χ0n) is 10.5. The highest BCUT2D eigenvalue weighted by Crippen LogP contribution is 2.24. The van der Waals surface area contributed by atoms with Crippen LogP contribution in [0, 0.1) is 0 Å². The summed E-state index contributed by atoms with van der Waals surface area (Å²) < 4.78 is 0.820. The molecule has 0 saturated carbocycles. The number of nitrogens with one attached hydrogen (secondary N) is 1. The van der Waals surface area contributed by atoms with Crippen molar-refractivity contribution in [2.75, 3.05) is 11.6 Å². The van der Waals surface area contributed by atoms with E-state index in [9.17, 15) is 4.79 Å². The lowest BCUT2D eigenvalue weighted by atomic mass is 10.1. The van der Waals surface area contributed by atoms with E-state index >= 15 is 0 Å². The van der Waals surface area contributed by atoms with Gasteiger partial charge in [0.2, 0.25) is 11.0 Å². The van der Waals surface area contributed by atoms with Crippen LogP contribution in [0.25, 0.3) is 0 Å². The van der Waals surface area contributed by atoms with Gasteiger partial charge in [0.15, 0.2) is 4.34 Å². The first kappa shape index (κ1) is 15.6. The van der Waals surface area contributed by atoms with Gasteiger partial charge in [-0.05, 0) is 30.4 Å². The number of aryl methyl sites for hydroxylation is 1. The molecule has 0 aliphatic heterocycles. The zero-order chi connectivity index (χ0) is 14.5. The number of thioether (sulfide) groups is 1. The van der Waals surface area contributed by atoms with Crippen LogP contribution in [0.5, 0.6) is 0 Å². The number of nitrogens with zero attached hydrogens (tertiary/aromatic N) is 2. The van der Waals surface area contributed by atoms with Crippen molar-refractivity contribution < 1.29 is 4.79 Å². The van der Waals surface area contributed by atoms with Crippen molar-refractivity contribution in [1.82, 2.24) is 10.2 Å². The molecule has 0 bridgehead atoms. The minimum atomic E-state index is -0.111. The van der Waals surface area contributed by atoms with Gasteiger partial charge in [-0.15, -0.1) is 10.2 Å². The number of halogens is 2. The van der Waals surface area contributed by atoms with E-state index in [4.69, 9.17) is 23.2 Å². The van der Waals surface area contributed by atoms with Gasteiger partial charge in [-0.25, -0.2) is 0 Å². The molecule has 0 spiro atoms. The molecule has 1 heterocycles. The Morgan fingerprint density at radius 3 is 2.85 bits per heavy atom. The quantitative estimate of drug-likeness (QED) is 0.652. The lowest BCUT2D eigenvalue weighted by Gasteiger charge is -2.04. The van der Waals surface area contributed by atoms with E-state index in [1.165, 1.54) is 23.1 Å². The average molecular weight is 348 g/mol. The number of carbonyl (C=O) groups excluding carboxylic acids is 1. The monoisotopic (exact) mass is 347 g/mol. The first-order valence-electron chi connectivity index (χ1n) is 5.70. The number of anilines is 1. The number of amides is 1. The van der Waals surface area contributed by atoms with Crippen molar-refractivity contribution in [3.8, 4) is 0 Å². The number of hydrogen-bond acceptors (Lipinski definition) is 5. The van der Waals surface area contributed by atoms with Gasteiger partial charge in [0.05, 0.1) is 0 Å². The maximum absolute atomic E-state index is 11.8. The van der Waals surface area contributed by atoms with Gasteiger partial charge < -0.3 is 5.32 Å². The normalized spacial score (nSPS) is 10.6. The van der Waals surface area contributed by atoms with Crippen LogP contribution in [0.15, 0.2) is 22.5 Å². The standard InChI is InChI=1S/C12H11Cl2N3OS2/c1-19-12-17-16-11(20-12)15-10(18)5-3-7-2-4-8(13)6-9(7)14/h2,4,6H,3,5H2,1H3,(H,15,16,18). The fraction of sp³-hybridized carbons (Fsp3) is 0.250. The van der Waals surface area contributed by atoms with Crippen molar-refractivity contribution in [2.24, 2.45) is 0 Å². The van der Waals surface area contributed by atoms with Crippen LogP contribution in [0.1, 0.15) is 12.0 Å². The molecule has 1 amide bonds. The summed E-state index contributed by atoms with van der Waals surface area (Å²) in [4.78, 5) is 11.8. The number of aromatic nitrogens is 2. The molecule has 0 aliphatic carbocycles. The second-order valence-electron chi connectivity index (χ2n) is 3.86. The van der Waals surface area contributed by atoms with Crippen molar-refractivity contribution in [3.63, 3.8) is 0 Å². The van der Waals surface area contributed by atoms with Crippen molar-refractivity contribution in [2.45, 2.75) is 17.2 Å². The Balaban J connectivity index is 1.88. The Morgan fingerprint density at radius 1 is 1.40 bits per heavy atom. The molecule has 4 nitrogen and oxygen atoms in total. The predicted molar refractivity (Wildman–Crippen MR) is 85.1 cm³/mol. The highest BCUT2D eigenvalue weighted by molar-refractivity contribution is 8.00. The van der Waals surface area contributed by atoms with Gasteiger partial charge in [-0.1, -0.05) is 52.4 Å². The van der Waals surface area contributed by atoms with Gasteiger partial charge in [0.1, 0.15) is 0 Å². The Bertz CT molecular complexity index is 618. The molecule has 8 heteroatoms. The molecule has 20 heavy (non-hydrogen) atoms. The Hall–Kier alpha value is -0.820. The number of carbonyl (C=O) groups is 1. The first-order valence-corrected chi connectivity index (χ1v) is 8.49. The molecule has 0 saturated heterocycles. The molecule has 2 rings (SSSR count). The van der Waals surface area contributed by atoms with Gasteiger partial charge in [-0.2, -0.15) is 0 Å². The highest BCUT2D eigenvalue weighted by atomic mass is 35.5. The molecule has 106 valence electrons. The fourth-order valence-electron chi connectivity index (χ4n) is 1.50. The molecule has 0 fully saturated rings. The largest absolute Gasteiger partial charge is 0.300 e. The molecule has 0 atom stereocenters. The summed E-state index contributed by atoms with van der Waals surface area (Å²) in [5.41, 5.74) is 0.897. The molecule has 0 aliphatic rings. The molecular weight excluding hydrogens is 337 g/mol. The molecule has 1 N–H and O–H groups in total. The molecule has 0 radical (unpaired) electrons. The third-order valence-electron chi connectivity index (χ3n) is 2.46. The fourth-order valence-corrected chi connectivity index (χ4v) is 3.19. The Kier molecular flexibility index (Phi) is 5.65. The lowest BCUT2D eigenvalue weighted by Crippen LogP contribution is -2.12. The second-order valence-corrected chi connectivity index (χ2v) is 6.74. The predicted octanol–water partition coefficient (Wildman–Crippen LogP) is 4.14. The maximum atomic E-state index is 11.8. The molecule has 1 aromatic heterocycles. The molecular formula is C12H11Cl2N3OS2. The summed E-state index contributed by atoms with van der Waals surface area (Å²) in [5, 5.41) is 12.2. The lowest BCUT2D eigenvalue weighted by molar-refractivity contribution is -0.116. The smallest absolute Gasteiger partial charge is 0.226 e. The topological polar surface area (TPSA) is 54.9 Å². The van der Waals surface area contributed by atoms with E-state index < -0.39 is 0 Å². The van der Waals surface area contributed by atoms with E-state index in [0.717, 1.165) is 9.90 Å². The van der Waals surface area contributed by atoms with Crippen molar-refractivity contribution in [1.29, 1.82) is 0 Å². The van der Waals surface area contributed by atoms with Crippen LogP contribution in [0.4, 0.5) is 5.13 Å². The zero-order valence-corrected chi connectivity index (χ0v) is 13.7. The van der Waals surface area contributed by atoms with E-state index in [0.29, 0.717) is 28.0 Å². The van der Waals surface area contributed by atoms with Gasteiger partial charge in [-0.3, -0.25) is 4.79 Å². The SMILES string of the molecule is CSc1nnc(NC(=O)CCc2ccc(Cl)cc2Cl)s1.